The lowest BCUT2D eigenvalue weighted by atomic mass is 9.69. The van der Waals surface area contributed by atoms with E-state index in [1.54, 1.807) is 0 Å². The van der Waals surface area contributed by atoms with Gasteiger partial charge in [0.05, 0.1) is 6.10 Å². The molecule has 1 aliphatic carbocycles. The van der Waals surface area contributed by atoms with Gasteiger partial charge in [0.25, 0.3) is 0 Å². The maximum atomic E-state index is 5.80. The van der Waals surface area contributed by atoms with Crippen LogP contribution in [-0.2, 0) is 4.74 Å². The molecule has 2 rings (SSSR count). The van der Waals surface area contributed by atoms with Gasteiger partial charge in [-0.05, 0) is 57.5 Å². The van der Waals surface area contributed by atoms with Crippen molar-refractivity contribution in [2.45, 2.75) is 84.5 Å². The average Bonchev–Trinajstić information content (AvgIpc) is 2.84. The van der Waals surface area contributed by atoms with Crippen molar-refractivity contribution in [2.75, 3.05) is 20.2 Å². The minimum absolute atomic E-state index is 0.382. The van der Waals surface area contributed by atoms with Gasteiger partial charge in [0.1, 0.15) is 0 Å². The lowest BCUT2D eigenvalue weighted by Crippen LogP contribution is -2.56. The molecule has 0 spiro atoms. The van der Waals surface area contributed by atoms with Crippen molar-refractivity contribution in [2.24, 2.45) is 11.3 Å². The van der Waals surface area contributed by atoms with Gasteiger partial charge in [0.15, 0.2) is 0 Å². The van der Waals surface area contributed by atoms with E-state index in [1.165, 1.54) is 25.7 Å². The van der Waals surface area contributed by atoms with Gasteiger partial charge in [-0.1, -0.05) is 27.7 Å². The molecule has 1 saturated heterocycles. The molecule has 0 aromatic rings. The van der Waals surface area contributed by atoms with Gasteiger partial charge >= 0.3 is 0 Å². The first-order valence-corrected chi connectivity index (χ1v) is 8.91. The normalized spacial score (nSPS) is 38.1. The van der Waals surface area contributed by atoms with Crippen molar-refractivity contribution in [1.29, 1.82) is 0 Å². The third-order valence-electron chi connectivity index (χ3n) is 5.89. The SMILES string of the molecule is CCNC1CCC(C(C)(C)C)CC1N(C)C1CCOC1C. The maximum Gasteiger partial charge on any atom is 0.0703 e. The molecule has 0 aromatic heterocycles. The van der Waals surface area contributed by atoms with Crippen LogP contribution in [0.2, 0.25) is 0 Å². The fourth-order valence-corrected chi connectivity index (χ4v) is 4.38. The van der Waals surface area contributed by atoms with Crippen LogP contribution in [-0.4, -0.2) is 49.3 Å². The summed E-state index contributed by atoms with van der Waals surface area (Å²) in [5.74, 6) is 0.831. The molecule has 0 bridgehead atoms. The van der Waals surface area contributed by atoms with Gasteiger partial charge in [0.2, 0.25) is 0 Å². The topological polar surface area (TPSA) is 24.5 Å². The van der Waals surface area contributed by atoms with Crippen LogP contribution in [0.25, 0.3) is 0 Å². The van der Waals surface area contributed by atoms with Crippen LogP contribution in [0.5, 0.6) is 0 Å². The molecule has 0 radical (unpaired) electrons. The molecule has 124 valence electrons. The number of rotatable bonds is 4. The van der Waals surface area contributed by atoms with E-state index in [1.807, 2.05) is 0 Å². The Bertz CT molecular complexity index is 326. The summed E-state index contributed by atoms with van der Waals surface area (Å²) in [4.78, 5) is 2.64. The van der Waals surface area contributed by atoms with Gasteiger partial charge in [-0.2, -0.15) is 0 Å². The van der Waals surface area contributed by atoms with E-state index in [0.717, 1.165) is 19.1 Å². The third kappa shape index (κ3) is 4.00. The van der Waals surface area contributed by atoms with Crippen LogP contribution in [0.15, 0.2) is 0 Å². The van der Waals surface area contributed by atoms with Crippen LogP contribution < -0.4 is 5.32 Å². The van der Waals surface area contributed by atoms with Crippen LogP contribution >= 0.6 is 0 Å². The summed E-state index contributed by atoms with van der Waals surface area (Å²) in [6.07, 6.45) is 5.57. The third-order valence-corrected chi connectivity index (χ3v) is 5.89. The molecule has 0 amide bonds. The molecule has 1 aliphatic heterocycles. The van der Waals surface area contributed by atoms with Crippen LogP contribution in [0.4, 0.5) is 0 Å². The van der Waals surface area contributed by atoms with Crippen LogP contribution in [0.1, 0.15) is 60.3 Å². The molecule has 21 heavy (non-hydrogen) atoms. The van der Waals surface area contributed by atoms with Gasteiger partial charge in [-0.3, -0.25) is 4.90 Å². The highest BCUT2D eigenvalue weighted by molar-refractivity contribution is 4.96. The Balaban J connectivity index is 2.09. The second-order valence-corrected chi connectivity index (χ2v) is 8.20. The first-order valence-electron chi connectivity index (χ1n) is 8.91. The molecular formula is C18H36N2O. The zero-order valence-corrected chi connectivity index (χ0v) is 15.0. The molecule has 3 heteroatoms. The van der Waals surface area contributed by atoms with Crippen molar-refractivity contribution in [3.63, 3.8) is 0 Å². The number of hydrogen-bond donors (Lipinski definition) is 1. The summed E-state index contributed by atoms with van der Waals surface area (Å²) in [6.45, 7) is 13.7. The van der Waals surface area contributed by atoms with E-state index in [0.29, 0.717) is 29.6 Å². The van der Waals surface area contributed by atoms with Crippen LogP contribution in [0.3, 0.4) is 0 Å². The van der Waals surface area contributed by atoms with E-state index < -0.39 is 0 Å². The number of likely N-dealkylation sites (N-methyl/N-ethyl adjacent to an activating group) is 2. The Hall–Kier alpha value is -0.120. The van der Waals surface area contributed by atoms with Crippen molar-refractivity contribution in [3.05, 3.63) is 0 Å². The minimum Gasteiger partial charge on any atom is -0.377 e. The fraction of sp³-hybridized carbons (Fsp3) is 1.00. The number of ether oxygens (including phenoxy) is 1. The van der Waals surface area contributed by atoms with E-state index in [2.05, 4.69) is 51.9 Å². The standard InChI is InChI=1S/C18H36N2O/c1-7-19-15-9-8-14(18(3,4)5)12-17(15)20(6)16-10-11-21-13(16)2/h13-17,19H,7-12H2,1-6H3. The summed E-state index contributed by atoms with van der Waals surface area (Å²) in [7, 11) is 2.33. The number of nitrogens with one attached hydrogen (secondary N) is 1. The summed E-state index contributed by atoms with van der Waals surface area (Å²) >= 11 is 0. The Morgan fingerprint density at radius 1 is 1.14 bits per heavy atom. The smallest absolute Gasteiger partial charge is 0.0703 e. The molecule has 5 atom stereocenters. The maximum absolute atomic E-state index is 5.80. The predicted octanol–water partition coefficient (Wildman–Crippen LogP) is 3.29. The molecule has 2 aliphatic rings. The Labute approximate surface area is 131 Å². The molecule has 1 N–H and O–H groups in total. The lowest BCUT2D eigenvalue weighted by molar-refractivity contribution is 0.0224. The van der Waals surface area contributed by atoms with Crippen LogP contribution in [0, 0.1) is 11.3 Å². The zero-order chi connectivity index (χ0) is 15.6. The molecule has 0 aromatic carbocycles. The Morgan fingerprint density at radius 3 is 2.38 bits per heavy atom. The highest BCUT2D eigenvalue weighted by Gasteiger charge is 2.40. The molecular weight excluding hydrogens is 260 g/mol. The predicted molar refractivity (Wildman–Crippen MR) is 89.6 cm³/mol. The van der Waals surface area contributed by atoms with Crippen molar-refractivity contribution in [1.82, 2.24) is 10.2 Å². The second kappa shape index (κ2) is 6.97. The zero-order valence-electron chi connectivity index (χ0n) is 15.0. The molecule has 3 nitrogen and oxygen atoms in total. The Kier molecular flexibility index (Phi) is 5.72. The van der Waals surface area contributed by atoms with Crippen molar-refractivity contribution in [3.8, 4) is 0 Å². The summed E-state index contributed by atoms with van der Waals surface area (Å²) in [5, 5.41) is 3.74. The van der Waals surface area contributed by atoms with Crippen molar-refractivity contribution >= 4 is 0 Å². The van der Waals surface area contributed by atoms with Gasteiger partial charge in [-0.25, -0.2) is 0 Å². The van der Waals surface area contributed by atoms with Gasteiger partial charge in [-0.15, -0.1) is 0 Å². The van der Waals surface area contributed by atoms with Gasteiger partial charge < -0.3 is 10.1 Å². The highest BCUT2D eigenvalue weighted by atomic mass is 16.5. The Morgan fingerprint density at radius 2 is 1.86 bits per heavy atom. The fourth-order valence-electron chi connectivity index (χ4n) is 4.38. The number of nitrogens with zero attached hydrogens (tertiary/aromatic N) is 1. The van der Waals surface area contributed by atoms with E-state index in [-0.39, 0.29) is 0 Å². The van der Waals surface area contributed by atoms with Crippen molar-refractivity contribution < 1.29 is 4.74 Å². The monoisotopic (exact) mass is 296 g/mol. The summed E-state index contributed by atoms with van der Waals surface area (Å²) < 4.78 is 5.80. The lowest BCUT2D eigenvalue weighted by Gasteiger charge is -2.47. The summed E-state index contributed by atoms with van der Waals surface area (Å²) in [5.41, 5.74) is 0.425. The van der Waals surface area contributed by atoms with E-state index in [9.17, 15) is 0 Å². The van der Waals surface area contributed by atoms with E-state index >= 15 is 0 Å². The van der Waals surface area contributed by atoms with E-state index in [4.69, 9.17) is 4.74 Å². The second-order valence-electron chi connectivity index (χ2n) is 8.20. The number of hydrogen-bond acceptors (Lipinski definition) is 3. The first-order chi connectivity index (χ1) is 9.84. The molecule has 1 saturated carbocycles. The van der Waals surface area contributed by atoms with Gasteiger partial charge in [0, 0.05) is 24.7 Å². The molecule has 1 heterocycles. The summed E-state index contributed by atoms with van der Waals surface area (Å²) in [6, 6.07) is 1.89. The highest BCUT2D eigenvalue weighted by Crippen LogP contribution is 2.40. The molecule has 2 fully saturated rings. The quantitative estimate of drug-likeness (QED) is 0.861. The average molecular weight is 296 g/mol. The molecule has 5 unspecified atom stereocenters. The minimum atomic E-state index is 0.382. The largest absolute Gasteiger partial charge is 0.377 e. The first kappa shape index (κ1) is 17.2.